The van der Waals surface area contributed by atoms with Crippen molar-refractivity contribution in [2.45, 2.75) is 3.92 Å². The third kappa shape index (κ3) is 1.18. The Bertz CT molecular complexity index is 158. The summed E-state index contributed by atoms with van der Waals surface area (Å²) in [6.07, 6.45) is 7.67. The van der Waals surface area contributed by atoms with E-state index in [-0.39, 0.29) is 3.92 Å². The van der Waals surface area contributed by atoms with Gasteiger partial charge < -0.3 is 5.41 Å². The summed E-state index contributed by atoms with van der Waals surface area (Å²) < 4.78 is 0.289. The fourth-order valence-electron chi connectivity index (χ4n) is 0.517. The zero-order valence-electron chi connectivity index (χ0n) is 4.26. The minimum atomic E-state index is 0.289. The monoisotopic (exact) mass is 219 g/mol. The molecule has 0 heterocycles. The van der Waals surface area contributed by atoms with E-state index in [1.165, 1.54) is 0 Å². The van der Waals surface area contributed by atoms with Crippen molar-refractivity contribution >= 4 is 28.3 Å². The van der Waals surface area contributed by atoms with Crippen molar-refractivity contribution in [1.29, 1.82) is 5.41 Å². The lowest BCUT2D eigenvalue weighted by Crippen LogP contribution is -2.07. The Morgan fingerprint density at radius 3 is 2.62 bits per heavy atom. The maximum Gasteiger partial charge on any atom is 0.0707 e. The summed E-state index contributed by atoms with van der Waals surface area (Å²) in [6, 6.07) is 0. The van der Waals surface area contributed by atoms with Gasteiger partial charge in [0.15, 0.2) is 0 Å². The van der Waals surface area contributed by atoms with Crippen molar-refractivity contribution in [1.82, 2.24) is 0 Å². The maximum absolute atomic E-state index is 7.25. The van der Waals surface area contributed by atoms with Crippen LogP contribution in [0.1, 0.15) is 0 Å². The molecule has 1 N–H and O–H groups in total. The molecule has 0 aromatic carbocycles. The topological polar surface area (TPSA) is 23.9 Å². The standard InChI is InChI=1S/C6H6IN/c7-5-3-1-2-4-6(5)8/h1-5,8H. The average molecular weight is 219 g/mol. The molecule has 0 saturated carbocycles. The smallest absolute Gasteiger partial charge is 0.0707 e. The fourth-order valence-corrected chi connectivity index (χ4v) is 0.964. The van der Waals surface area contributed by atoms with Crippen LogP contribution in [0.5, 0.6) is 0 Å². The highest BCUT2D eigenvalue weighted by Gasteiger charge is 2.03. The van der Waals surface area contributed by atoms with Crippen molar-refractivity contribution in [3.05, 3.63) is 24.3 Å². The Morgan fingerprint density at radius 1 is 1.50 bits per heavy atom. The van der Waals surface area contributed by atoms with Crippen LogP contribution in [-0.2, 0) is 0 Å². The molecule has 0 aliphatic heterocycles. The molecule has 0 bridgehead atoms. The van der Waals surface area contributed by atoms with E-state index in [9.17, 15) is 0 Å². The Labute approximate surface area is 62.1 Å². The molecule has 2 heteroatoms. The molecule has 0 aromatic heterocycles. The molecule has 0 saturated heterocycles. The van der Waals surface area contributed by atoms with E-state index in [4.69, 9.17) is 5.41 Å². The van der Waals surface area contributed by atoms with Crippen LogP contribution in [0.4, 0.5) is 0 Å². The predicted octanol–water partition coefficient (Wildman–Crippen LogP) is 1.94. The molecule has 1 nitrogen and oxygen atoms in total. The van der Waals surface area contributed by atoms with Crippen LogP contribution >= 0.6 is 22.6 Å². The van der Waals surface area contributed by atoms with Crippen LogP contribution in [0.15, 0.2) is 24.3 Å². The van der Waals surface area contributed by atoms with Gasteiger partial charge in [-0.1, -0.05) is 40.8 Å². The Morgan fingerprint density at radius 2 is 2.25 bits per heavy atom. The molecule has 0 radical (unpaired) electrons. The fraction of sp³-hybridized carbons (Fsp3) is 0.167. The molecule has 42 valence electrons. The summed E-state index contributed by atoms with van der Waals surface area (Å²) in [5.74, 6) is 0. The van der Waals surface area contributed by atoms with E-state index in [1.807, 2.05) is 24.3 Å². The first-order valence-electron chi connectivity index (χ1n) is 2.38. The normalized spacial score (nSPS) is 26.6. The second-order valence-corrected chi connectivity index (χ2v) is 2.94. The van der Waals surface area contributed by atoms with Gasteiger partial charge >= 0.3 is 0 Å². The van der Waals surface area contributed by atoms with Crippen molar-refractivity contribution < 1.29 is 0 Å². The van der Waals surface area contributed by atoms with Crippen LogP contribution in [0, 0.1) is 5.41 Å². The number of hydrogen-bond donors (Lipinski definition) is 1. The van der Waals surface area contributed by atoms with Crippen LogP contribution in [0.25, 0.3) is 0 Å². The van der Waals surface area contributed by atoms with Gasteiger partial charge in [0.2, 0.25) is 0 Å². The number of nitrogens with one attached hydrogen (secondary N) is 1. The van der Waals surface area contributed by atoms with Gasteiger partial charge in [-0.15, -0.1) is 0 Å². The first kappa shape index (κ1) is 6.01. The van der Waals surface area contributed by atoms with Crippen LogP contribution in [0.2, 0.25) is 0 Å². The summed E-state index contributed by atoms with van der Waals surface area (Å²) in [6.45, 7) is 0. The molecular weight excluding hydrogens is 213 g/mol. The number of halogens is 1. The van der Waals surface area contributed by atoms with Gasteiger partial charge in [-0.05, 0) is 6.08 Å². The lowest BCUT2D eigenvalue weighted by atomic mass is 10.2. The van der Waals surface area contributed by atoms with E-state index >= 15 is 0 Å². The highest BCUT2D eigenvalue weighted by atomic mass is 127. The summed E-state index contributed by atoms with van der Waals surface area (Å²) in [5, 5.41) is 7.25. The van der Waals surface area contributed by atoms with Gasteiger partial charge in [-0.2, -0.15) is 0 Å². The van der Waals surface area contributed by atoms with E-state index in [1.54, 1.807) is 0 Å². The highest BCUT2D eigenvalue weighted by molar-refractivity contribution is 14.1. The van der Waals surface area contributed by atoms with Gasteiger partial charge in [0.1, 0.15) is 0 Å². The molecule has 1 aliphatic carbocycles. The number of allylic oxidation sites excluding steroid dienone is 4. The third-order valence-corrected chi connectivity index (χ3v) is 2.05. The number of alkyl halides is 1. The van der Waals surface area contributed by atoms with Gasteiger partial charge in [0.25, 0.3) is 0 Å². The molecule has 1 atom stereocenters. The average Bonchev–Trinajstić information content (AvgIpc) is 1.77. The quantitative estimate of drug-likeness (QED) is 0.475. The molecule has 0 amide bonds. The predicted molar refractivity (Wildman–Crippen MR) is 43.8 cm³/mol. The van der Waals surface area contributed by atoms with Crippen molar-refractivity contribution in [3.8, 4) is 0 Å². The Balaban J connectivity index is 2.74. The van der Waals surface area contributed by atoms with Gasteiger partial charge in [0, 0.05) is 5.71 Å². The number of hydrogen-bond acceptors (Lipinski definition) is 1. The zero-order valence-corrected chi connectivity index (χ0v) is 6.42. The van der Waals surface area contributed by atoms with Crippen LogP contribution < -0.4 is 0 Å². The zero-order chi connectivity index (χ0) is 5.98. The molecule has 1 aliphatic rings. The summed E-state index contributed by atoms with van der Waals surface area (Å²) in [5.41, 5.74) is 0.688. The van der Waals surface area contributed by atoms with Gasteiger partial charge in [0.05, 0.1) is 3.92 Å². The highest BCUT2D eigenvalue weighted by Crippen LogP contribution is 2.08. The summed E-state index contributed by atoms with van der Waals surface area (Å²) in [4.78, 5) is 0. The molecule has 0 spiro atoms. The minimum absolute atomic E-state index is 0.289. The lowest BCUT2D eigenvalue weighted by Gasteiger charge is -2.03. The largest absolute Gasteiger partial charge is 0.304 e. The van der Waals surface area contributed by atoms with Crippen LogP contribution in [0.3, 0.4) is 0 Å². The Kier molecular flexibility index (Phi) is 1.83. The van der Waals surface area contributed by atoms with Crippen molar-refractivity contribution in [2.75, 3.05) is 0 Å². The first-order chi connectivity index (χ1) is 3.80. The SMILES string of the molecule is N=C1C=CC=CC1I. The molecule has 0 fully saturated rings. The minimum Gasteiger partial charge on any atom is -0.304 e. The van der Waals surface area contributed by atoms with Crippen LogP contribution in [-0.4, -0.2) is 9.64 Å². The van der Waals surface area contributed by atoms with E-state index < -0.39 is 0 Å². The third-order valence-electron chi connectivity index (χ3n) is 0.964. The van der Waals surface area contributed by atoms with Crippen molar-refractivity contribution in [2.24, 2.45) is 0 Å². The second-order valence-electron chi connectivity index (χ2n) is 1.60. The van der Waals surface area contributed by atoms with E-state index in [2.05, 4.69) is 22.6 Å². The molecule has 0 aromatic rings. The summed E-state index contributed by atoms with van der Waals surface area (Å²) in [7, 11) is 0. The maximum atomic E-state index is 7.25. The van der Waals surface area contributed by atoms with Gasteiger partial charge in [-0.3, -0.25) is 0 Å². The van der Waals surface area contributed by atoms with Gasteiger partial charge in [-0.25, -0.2) is 0 Å². The lowest BCUT2D eigenvalue weighted by molar-refractivity contribution is 1.41. The van der Waals surface area contributed by atoms with E-state index in [0.29, 0.717) is 5.71 Å². The van der Waals surface area contributed by atoms with E-state index in [0.717, 1.165) is 0 Å². The number of rotatable bonds is 0. The Hall–Kier alpha value is -0.120. The summed E-state index contributed by atoms with van der Waals surface area (Å²) >= 11 is 2.22. The second kappa shape index (κ2) is 2.44. The van der Waals surface area contributed by atoms with Crippen molar-refractivity contribution in [3.63, 3.8) is 0 Å². The molecule has 1 rings (SSSR count). The first-order valence-corrected chi connectivity index (χ1v) is 3.62. The molecule has 1 unspecified atom stereocenters. The molecule has 8 heavy (non-hydrogen) atoms. The molecular formula is C6H6IN.